The molecule has 6 nitrogen and oxygen atoms in total. The number of amides is 1. The van der Waals surface area contributed by atoms with Gasteiger partial charge in [0, 0.05) is 17.1 Å². The average molecular weight is 314 g/mol. The van der Waals surface area contributed by atoms with Crippen LogP contribution in [-0.4, -0.2) is 25.5 Å². The highest BCUT2D eigenvalue weighted by Crippen LogP contribution is 2.49. The Morgan fingerprint density at radius 1 is 1.27 bits per heavy atom. The number of hydrogen-bond donors (Lipinski definition) is 1. The van der Waals surface area contributed by atoms with E-state index in [1.165, 1.54) is 10.8 Å². The minimum atomic E-state index is -0.0633. The van der Waals surface area contributed by atoms with Crippen LogP contribution in [0.2, 0.25) is 5.02 Å². The summed E-state index contributed by atoms with van der Waals surface area (Å²) in [4.78, 5) is 20.5. The van der Waals surface area contributed by atoms with Gasteiger partial charge in [-0.25, -0.2) is 4.98 Å². The molecule has 0 unspecified atom stereocenters. The van der Waals surface area contributed by atoms with Crippen LogP contribution in [0.3, 0.4) is 0 Å². The molecule has 4 rings (SSSR count). The molecular weight excluding hydrogens is 302 g/mol. The molecule has 1 N–H and O–H groups in total. The van der Waals surface area contributed by atoms with E-state index in [-0.39, 0.29) is 17.7 Å². The molecule has 0 saturated heterocycles. The largest absolute Gasteiger partial charge is 0.310 e. The van der Waals surface area contributed by atoms with Gasteiger partial charge in [-0.2, -0.15) is 14.6 Å². The maximum Gasteiger partial charge on any atom is 0.254 e. The molecule has 1 saturated carbocycles. The third kappa shape index (κ3) is 2.21. The van der Waals surface area contributed by atoms with Gasteiger partial charge in [0.15, 0.2) is 0 Å². The molecule has 0 bridgehead atoms. The normalized spacial score (nSPS) is 20.0. The van der Waals surface area contributed by atoms with Gasteiger partial charge in [0.05, 0.1) is 0 Å². The summed E-state index contributed by atoms with van der Waals surface area (Å²) in [5.41, 5.74) is 1.03. The lowest BCUT2D eigenvalue weighted by Gasteiger charge is -2.06. The highest BCUT2D eigenvalue weighted by molar-refractivity contribution is 6.31. The smallest absolute Gasteiger partial charge is 0.254 e. The second-order valence-corrected chi connectivity index (χ2v) is 5.67. The zero-order chi connectivity index (χ0) is 15.1. The van der Waals surface area contributed by atoms with Crippen LogP contribution in [0, 0.1) is 5.92 Å². The summed E-state index contributed by atoms with van der Waals surface area (Å²) in [6.45, 7) is 0. The van der Waals surface area contributed by atoms with Crippen LogP contribution in [0.25, 0.3) is 5.78 Å². The monoisotopic (exact) mass is 313 g/mol. The molecule has 0 spiro atoms. The topological polar surface area (TPSA) is 72.2 Å². The number of nitrogens with zero attached hydrogens (tertiary/aromatic N) is 4. The van der Waals surface area contributed by atoms with Gasteiger partial charge >= 0.3 is 0 Å². The number of halogens is 1. The number of anilines is 1. The van der Waals surface area contributed by atoms with Crippen molar-refractivity contribution >= 4 is 29.1 Å². The Hall–Kier alpha value is -2.47. The summed E-state index contributed by atoms with van der Waals surface area (Å²) >= 11 is 6.19. The van der Waals surface area contributed by atoms with Crippen LogP contribution in [0.5, 0.6) is 0 Å². The number of aromatic nitrogens is 4. The second kappa shape index (κ2) is 5.06. The van der Waals surface area contributed by atoms with E-state index in [1.54, 1.807) is 12.3 Å². The first kappa shape index (κ1) is 13.2. The fourth-order valence-electron chi connectivity index (χ4n) is 2.66. The van der Waals surface area contributed by atoms with Gasteiger partial charge in [-0.3, -0.25) is 4.79 Å². The van der Waals surface area contributed by atoms with E-state index < -0.39 is 0 Å². The Bertz CT molecular complexity index is 862. The molecule has 0 radical (unpaired) electrons. The van der Waals surface area contributed by atoms with Gasteiger partial charge in [-0.1, -0.05) is 29.8 Å². The predicted octanol–water partition coefficient (Wildman–Crippen LogP) is 2.52. The number of benzene rings is 1. The van der Waals surface area contributed by atoms with Crippen molar-refractivity contribution in [3.63, 3.8) is 0 Å². The average Bonchev–Trinajstić information content (AvgIpc) is 3.16. The van der Waals surface area contributed by atoms with Gasteiger partial charge < -0.3 is 5.32 Å². The molecule has 2 atom stereocenters. The fourth-order valence-corrected chi connectivity index (χ4v) is 2.93. The lowest BCUT2D eigenvalue weighted by Crippen LogP contribution is -2.17. The van der Waals surface area contributed by atoms with E-state index in [9.17, 15) is 4.79 Å². The molecule has 22 heavy (non-hydrogen) atoms. The van der Waals surface area contributed by atoms with E-state index >= 15 is 0 Å². The van der Waals surface area contributed by atoms with Crippen LogP contribution < -0.4 is 5.32 Å². The Morgan fingerprint density at radius 2 is 2.14 bits per heavy atom. The third-order valence-electron chi connectivity index (χ3n) is 3.86. The zero-order valence-electron chi connectivity index (χ0n) is 11.5. The predicted molar refractivity (Wildman–Crippen MR) is 81.7 cm³/mol. The van der Waals surface area contributed by atoms with E-state index in [0.29, 0.717) is 16.6 Å². The molecule has 1 aliphatic rings. The van der Waals surface area contributed by atoms with E-state index in [4.69, 9.17) is 11.6 Å². The Kier molecular flexibility index (Phi) is 3.04. The standard InChI is InChI=1S/C15H12ClN5O/c16-12-4-2-1-3-9(12)10-7-11(10)14(22)20-13-5-6-17-15-18-8-19-21(13)15/h1-6,8,10-11H,7H2,(H,20,22)/t10-,11+/m0/s1. The molecule has 7 heteroatoms. The summed E-state index contributed by atoms with van der Waals surface area (Å²) in [6, 6.07) is 9.36. The van der Waals surface area contributed by atoms with Gasteiger partial charge in [0.2, 0.25) is 5.91 Å². The Balaban J connectivity index is 1.53. The SMILES string of the molecule is O=C(Nc1ccnc2ncnn12)[C@@H]1C[C@H]1c1ccccc1Cl. The van der Waals surface area contributed by atoms with Crippen LogP contribution >= 0.6 is 11.6 Å². The number of fused-ring (bicyclic) bond motifs is 1. The van der Waals surface area contributed by atoms with Crippen molar-refractivity contribution in [2.75, 3.05) is 5.32 Å². The molecule has 1 fully saturated rings. The Morgan fingerprint density at radius 3 is 3.00 bits per heavy atom. The van der Waals surface area contributed by atoms with Crippen LogP contribution in [0.1, 0.15) is 17.9 Å². The molecule has 2 heterocycles. The maximum atomic E-state index is 12.4. The van der Waals surface area contributed by atoms with E-state index in [1.807, 2.05) is 24.3 Å². The van der Waals surface area contributed by atoms with Crippen LogP contribution in [-0.2, 0) is 4.79 Å². The summed E-state index contributed by atoms with van der Waals surface area (Å²) in [5.74, 6) is 1.11. The number of rotatable bonds is 3. The molecular formula is C15H12ClN5O. The summed E-state index contributed by atoms with van der Waals surface area (Å²) in [5, 5.41) is 7.65. The molecule has 3 aromatic rings. The second-order valence-electron chi connectivity index (χ2n) is 5.26. The third-order valence-corrected chi connectivity index (χ3v) is 4.21. The van der Waals surface area contributed by atoms with Crippen molar-refractivity contribution in [3.05, 3.63) is 53.4 Å². The minimum absolute atomic E-state index is 0.0343. The molecule has 1 amide bonds. The Labute approximate surface area is 131 Å². The van der Waals surface area contributed by atoms with Gasteiger partial charge in [0.25, 0.3) is 5.78 Å². The number of hydrogen-bond acceptors (Lipinski definition) is 4. The van der Waals surface area contributed by atoms with Crippen molar-refractivity contribution in [3.8, 4) is 0 Å². The summed E-state index contributed by atoms with van der Waals surface area (Å²) in [7, 11) is 0. The first-order valence-corrected chi connectivity index (χ1v) is 7.32. The first-order valence-electron chi connectivity index (χ1n) is 6.94. The number of carbonyl (C=O) groups is 1. The zero-order valence-corrected chi connectivity index (χ0v) is 12.2. The van der Waals surface area contributed by atoms with Crippen molar-refractivity contribution in [1.82, 2.24) is 19.6 Å². The molecule has 110 valence electrons. The maximum absolute atomic E-state index is 12.4. The van der Waals surface area contributed by atoms with Gasteiger partial charge in [0.1, 0.15) is 12.1 Å². The van der Waals surface area contributed by atoms with Crippen molar-refractivity contribution in [1.29, 1.82) is 0 Å². The molecule has 1 aromatic carbocycles. The van der Waals surface area contributed by atoms with E-state index in [0.717, 1.165) is 12.0 Å². The summed E-state index contributed by atoms with van der Waals surface area (Å²) in [6.07, 6.45) is 3.81. The quantitative estimate of drug-likeness (QED) is 0.806. The highest BCUT2D eigenvalue weighted by atomic mass is 35.5. The number of nitrogens with one attached hydrogen (secondary N) is 1. The minimum Gasteiger partial charge on any atom is -0.310 e. The number of carbonyl (C=O) groups excluding carboxylic acids is 1. The lowest BCUT2D eigenvalue weighted by molar-refractivity contribution is -0.117. The van der Waals surface area contributed by atoms with Crippen molar-refractivity contribution in [2.24, 2.45) is 5.92 Å². The fraction of sp³-hybridized carbons (Fsp3) is 0.200. The van der Waals surface area contributed by atoms with E-state index in [2.05, 4.69) is 20.4 Å². The van der Waals surface area contributed by atoms with Gasteiger partial charge in [-0.15, -0.1) is 0 Å². The van der Waals surface area contributed by atoms with Crippen molar-refractivity contribution < 1.29 is 4.79 Å². The first-order chi connectivity index (χ1) is 10.7. The highest BCUT2D eigenvalue weighted by Gasteiger charge is 2.44. The lowest BCUT2D eigenvalue weighted by atomic mass is 10.1. The van der Waals surface area contributed by atoms with Crippen molar-refractivity contribution in [2.45, 2.75) is 12.3 Å². The van der Waals surface area contributed by atoms with Crippen LogP contribution in [0.4, 0.5) is 5.82 Å². The molecule has 0 aliphatic heterocycles. The van der Waals surface area contributed by atoms with Gasteiger partial charge in [-0.05, 0) is 30.0 Å². The van der Waals surface area contributed by atoms with Crippen LogP contribution in [0.15, 0.2) is 42.9 Å². The molecule has 2 aromatic heterocycles. The molecule has 1 aliphatic carbocycles. The summed E-state index contributed by atoms with van der Waals surface area (Å²) < 4.78 is 1.50.